The van der Waals surface area contributed by atoms with Crippen LogP contribution >= 0.6 is 0 Å². The smallest absolute Gasteiger partial charge is 0.303 e. The third-order valence-corrected chi connectivity index (χ3v) is 4.34. The van der Waals surface area contributed by atoms with E-state index in [1.54, 1.807) is 0 Å². The molecule has 0 bridgehead atoms. The fourth-order valence-electron chi connectivity index (χ4n) is 2.89. The van der Waals surface area contributed by atoms with E-state index < -0.39 is 5.97 Å². The number of unbranched alkanes of at least 4 members (excludes halogenated alkanes) is 4. The summed E-state index contributed by atoms with van der Waals surface area (Å²) in [6, 6.07) is 0. The molecule has 1 atom stereocenters. The number of aliphatic hydroxyl groups is 1. The Balaban J connectivity index is 2.40. The highest BCUT2D eigenvalue weighted by molar-refractivity contribution is 5.99. The van der Waals surface area contributed by atoms with E-state index in [1.807, 2.05) is 0 Å². The Hall–Kier alpha value is -1.60. The van der Waals surface area contributed by atoms with Crippen molar-refractivity contribution in [2.24, 2.45) is 0 Å². The van der Waals surface area contributed by atoms with Gasteiger partial charge in [0.15, 0.2) is 5.78 Å². The van der Waals surface area contributed by atoms with E-state index in [-0.39, 0.29) is 18.3 Å². The minimum absolute atomic E-state index is 0.205. The summed E-state index contributed by atoms with van der Waals surface area (Å²) >= 11 is 0. The van der Waals surface area contributed by atoms with Gasteiger partial charge in [-0.15, -0.1) is 0 Å². The number of hydrogen-bond donors (Lipinski definition) is 2. The molecule has 0 spiro atoms. The molecule has 24 heavy (non-hydrogen) atoms. The maximum atomic E-state index is 12.0. The summed E-state index contributed by atoms with van der Waals surface area (Å²) in [5.41, 5.74) is 1.82. The van der Waals surface area contributed by atoms with Crippen LogP contribution in [0.3, 0.4) is 0 Å². The number of carbonyl (C=O) groups is 2. The molecule has 1 rings (SSSR count). The van der Waals surface area contributed by atoms with Crippen molar-refractivity contribution in [2.45, 2.75) is 90.1 Å². The number of ketones is 1. The van der Waals surface area contributed by atoms with Crippen LogP contribution in [0.1, 0.15) is 84.0 Å². The van der Waals surface area contributed by atoms with E-state index in [9.17, 15) is 14.7 Å². The molecule has 2 N–H and O–H groups in total. The molecule has 0 amide bonds. The third kappa shape index (κ3) is 8.31. The summed E-state index contributed by atoms with van der Waals surface area (Å²) in [5, 5.41) is 18.4. The highest BCUT2D eigenvalue weighted by atomic mass is 16.4. The van der Waals surface area contributed by atoms with Gasteiger partial charge in [0.2, 0.25) is 0 Å². The minimum atomic E-state index is -0.748. The minimum Gasteiger partial charge on any atom is -0.481 e. The predicted octanol–water partition coefficient (Wildman–Crippen LogP) is 4.02. The monoisotopic (exact) mass is 334 g/mol. The van der Waals surface area contributed by atoms with Crippen LogP contribution in [-0.4, -0.2) is 28.1 Å². The lowest BCUT2D eigenvalue weighted by atomic mass is 10.0. The molecule has 0 heterocycles. The van der Waals surface area contributed by atoms with Crippen LogP contribution in [0.5, 0.6) is 0 Å². The van der Waals surface area contributed by atoms with Crippen LogP contribution in [0.15, 0.2) is 11.1 Å². The van der Waals surface area contributed by atoms with Gasteiger partial charge in [-0.05, 0) is 32.1 Å². The van der Waals surface area contributed by atoms with Gasteiger partial charge in [0.1, 0.15) is 0 Å². The molecule has 4 heteroatoms. The highest BCUT2D eigenvalue weighted by Gasteiger charge is 2.21. The molecule has 134 valence electrons. The van der Waals surface area contributed by atoms with Crippen LogP contribution in [-0.2, 0) is 9.59 Å². The second-order valence-electron chi connectivity index (χ2n) is 6.49. The summed E-state index contributed by atoms with van der Waals surface area (Å²) in [5.74, 6) is 5.60. The fraction of sp³-hybridized carbons (Fsp3) is 0.700. The molecule has 0 aliphatic heterocycles. The van der Waals surface area contributed by atoms with E-state index in [2.05, 4.69) is 18.8 Å². The Bertz CT molecular complexity index is 507. The largest absolute Gasteiger partial charge is 0.481 e. The first kappa shape index (κ1) is 20.4. The van der Waals surface area contributed by atoms with Gasteiger partial charge in [0.05, 0.1) is 6.10 Å². The Morgan fingerprint density at radius 3 is 2.62 bits per heavy atom. The first-order valence-corrected chi connectivity index (χ1v) is 9.18. The Morgan fingerprint density at radius 1 is 1.17 bits per heavy atom. The molecule has 0 saturated heterocycles. The third-order valence-electron chi connectivity index (χ3n) is 4.34. The first-order chi connectivity index (χ1) is 11.5. The van der Waals surface area contributed by atoms with E-state index in [4.69, 9.17) is 5.11 Å². The summed E-state index contributed by atoms with van der Waals surface area (Å²) in [7, 11) is 0. The second-order valence-corrected chi connectivity index (χ2v) is 6.49. The van der Waals surface area contributed by atoms with Crippen LogP contribution in [0, 0.1) is 11.8 Å². The maximum absolute atomic E-state index is 12.0. The lowest BCUT2D eigenvalue weighted by Crippen LogP contribution is -2.04. The van der Waals surface area contributed by atoms with Crippen molar-refractivity contribution in [1.29, 1.82) is 0 Å². The standard InChI is InChI=1S/C20H30O4/c1-2-3-10-17(21)11-8-9-16-14-15-19(22)18(16)12-6-4-5-7-13-20(23)24/h17,21H,2-7,10-15H2,1H3,(H,23,24). The number of aliphatic carboxylic acids is 1. The zero-order valence-electron chi connectivity index (χ0n) is 14.8. The molecular formula is C20H30O4. The van der Waals surface area contributed by atoms with Crippen molar-refractivity contribution < 1.29 is 19.8 Å². The van der Waals surface area contributed by atoms with Crippen molar-refractivity contribution in [2.75, 3.05) is 0 Å². The zero-order chi connectivity index (χ0) is 17.8. The summed E-state index contributed by atoms with van der Waals surface area (Å²) in [6.07, 6.45) is 8.65. The highest BCUT2D eigenvalue weighted by Crippen LogP contribution is 2.27. The van der Waals surface area contributed by atoms with Crippen molar-refractivity contribution in [3.8, 4) is 11.8 Å². The molecular weight excluding hydrogens is 304 g/mol. The van der Waals surface area contributed by atoms with Gasteiger partial charge in [-0.2, -0.15) is 0 Å². The quantitative estimate of drug-likeness (QED) is 0.442. The topological polar surface area (TPSA) is 74.6 Å². The average molecular weight is 334 g/mol. The van der Waals surface area contributed by atoms with Gasteiger partial charge in [0.25, 0.3) is 0 Å². The molecule has 1 aliphatic rings. The summed E-state index contributed by atoms with van der Waals surface area (Å²) < 4.78 is 0. The van der Waals surface area contributed by atoms with Crippen molar-refractivity contribution in [3.05, 3.63) is 11.1 Å². The zero-order valence-corrected chi connectivity index (χ0v) is 14.8. The fourth-order valence-corrected chi connectivity index (χ4v) is 2.89. The Kier molecular flexibility index (Phi) is 10.1. The number of Topliss-reactive ketones (excluding diaryl/α,β-unsaturated/α-hetero) is 1. The number of allylic oxidation sites excluding steroid dienone is 2. The van der Waals surface area contributed by atoms with Gasteiger partial charge in [-0.3, -0.25) is 9.59 Å². The number of carboxylic acid groups (broad SMARTS) is 1. The van der Waals surface area contributed by atoms with Crippen molar-refractivity contribution in [1.82, 2.24) is 0 Å². The van der Waals surface area contributed by atoms with E-state index in [1.165, 1.54) is 0 Å². The van der Waals surface area contributed by atoms with Gasteiger partial charge in [-0.1, -0.05) is 44.4 Å². The molecule has 0 saturated carbocycles. The normalized spacial score (nSPS) is 15.3. The van der Waals surface area contributed by atoms with Crippen molar-refractivity contribution >= 4 is 11.8 Å². The average Bonchev–Trinajstić information content (AvgIpc) is 2.89. The number of carbonyl (C=O) groups excluding carboxylic acids is 1. The molecule has 0 aromatic heterocycles. The number of aliphatic hydroxyl groups excluding tert-OH is 1. The van der Waals surface area contributed by atoms with E-state index in [0.29, 0.717) is 19.3 Å². The predicted molar refractivity (Wildman–Crippen MR) is 94.5 cm³/mol. The van der Waals surface area contributed by atoms with Gasteiger partial charge < -0.3 is 10.2 Å². The Labute approximate surface area is 145 Å². The lowest BCUT2D eigenvalue weighted by molar-refractivity contribution is -0.137. The van der Waals surface area contributed by atoms with Crippen LogP contribution in [0.2, 0.25) is 0 Å². The van der Waals surface area contributed by atoms with Crippen LogP contribution in [0.25, 0.3) is 0 Å². The molecule has 0 aromatic carbocycles. The molecule has 0 fully saturated rings. The number of rotatable bonds is 11. The van der Waals surface area contributed by atoms with Gasteiger partial charge >= 0.3 is 5.97 Å². The van der Waals surface area contributed by atoms with E-state index in [0.717, 1.165) is 62.5 Å². The van der Waals surface area contributed by atoms with Crippen LogP contribution in [0.4, 0.5) is 0 Å². The number of carboxylic acids is 1. The van der Waals surface area contributed by atoms with E-state index >= 15 is 0 Å². The van der Waals surface area contributed by atoms with Gasteiger partial charge in [-0.25, -0.2) is 0 Å². The van der Waals surface area contributed by atoms with Crippen LogP contribution < -0.4 is 0 Å². The van der Waals surface area contributed by atoms with Crippen molar-refractivity contribution in [3.63, 3.8) is 0 Å². The molecule has 0 aromatic rings. The lowest BCUT2D eigenvalue weighted by Gasteiger charge is -2.04. The molecule has 4 nitrogen and oxygen atoms in total. The maximum Gasteiger partial charge on any atom is 0.303 e. The summed E-state index contributed by atoms with van der Waals surface area (Å²) in [6.45, 7) is 2.10. The Morgan fingerprint density at radius 2 is 1.92 bits per heavy atom. The van der Waals surface area contributed by atoms with Gasteiger partial charge in [0, 0.05) is 30.4 Å². The SMILES string of the molecule is CCCCC(O)CC#CC1=C(CCCCCCC(=O)O)C(=O)CC1. The molecule has 1 aliphatic carbocycles. The molecule has 0 radical (unpaired) electrons. The molecule has 1 unspecified atom stereocenters. The first-order valence-electron chi connectivity index (χ1n) is 9.18. The summed E-state index contributed by atoms with van der Waals surface area (Å²) in [4.78, 5) is 22.4. The number of hydrogen-bond acceptors (Lipinski definition) is 3. The second kappa shape index (κ2) is 11.9.